The van der Waals surface area contributed by atoms with E-state index in [1.165, 1.54) is 6.20 Å². The average molecular weight is 301 g/mol. The number of pyridine rings is 1. The minimum Gasteiger partial charge on any atom is -0.273 e. The van der Waals surface area contributed by atoms with Gasteiger partial charge in [-0.15, -0.1) is 0 Å². The van der Waals surface area contributed by atoms with E-state index in [1.54, 1.807) is 6.07 Å². The lowest BCUT2D eigenvalue weighted by Crippen LogP contribution is -2.07. The van der Waals surface area contributed by atoms with Gasteiger partial charge < -0.3 is 0 Å². The first-order valence-corrected chi connectivity index (χ1v) is 6.27. The van der Waals surface area contributed by atoms with E-state index in [0.717, 1.165) is 7.11 Å². The van der Waals surface area contributed by atoms with Crippen molar-refractivity contribution in [3.05, 3.63) is 27.5 Å². The lowest BCUT2D eigenvalue weighted by Gasteiger charge is -2.03. The summed E-state index contributed by atoms with van der Waals surface area (Å²) in [4.78, 5) is 3.87. The second-order valence-corrected chi connectivity index (χ2v) is 5.51. The molecule has 0 spiro atoms. The Balaban J connectivity index is 2.99. The van der Waals surface area contributed by atoms with Crippen molar-refractivity contribution in [2.45, 2.75) is 5.75 Å². The van der Waals surface area contributed by atoms with Gasteiger partial charge >= 0.3 is 0 Å². The van der Waals surface area contributed by atoms with Crippen LogP contribution in [0.1, 0.15) is 5.69 Å². The Hall–Kier alpha value is -0.170. The fraction of sp³-hybridized carbons (Fsp3) is 0.286. The average Bonchev–Trinajstić information content (AvgIpc) is 2.10. The van der Waals surface area contributed by atoms with Crippen LogP contribution in [0.3, 0.4) is 0 Å². The number of hydrogen-bond donors (Lipinski definition) is 0. The molecule has 0 atom stereocenters. The first-order valence-electron chi connectivity index (χ1n) is 3.53. The Kier molecular flexibility index (Phi) is 3.88. The van der Waals surface area contributed by atoms with E-state index >= 15 is 0 Å². The molecule has 14 heavy (non-hydrogen) atoms. The first kappa shape index (κ1) is 11.9. The van der Waals surface area contributed by atoms with Crippen molar-refractivity contribution in [3.63, 3.8) is 0 Å². The van der Waals surface area contributed by atoms with E-state index in [0.29, 0.717) is 9.50 Å². The standard InChI is InChI=1S/C7H7BrClNO3S/c1-13-14(11,12)4-7-6(9)2-5(8)3-10-7/h2-3H,4H2,1H3. The monoisotopic (exact) mass is 299 g/mol. The van der Waals surface area contributed by atoms with Gasteiger partial charge in [-0.25, -0.2) is 0 Å². The normalized spacial score (nSPS) is 11.6. The van der Waals surface area contributed by atoms with Gasteiger partial charge in [-0.05, 0) is 22.0 Å². The van der Waals surface area contributed by atoms with Crippen LogP contribution in [0.2, 0.25) is 5.02 Å². The fourth-order valence-corrected chi connectivity index (χ4v) is 2.23. The van der Waals surface area contributed by atoms with Crippen LogP contribution in [-0.4, -0.2) is 20.5 Å². The van der Waals surface area contributed by atoms with Crippen LogP contribution in [0.5, 0.6) is 0 Å². The molecule has 0 saturated carbocycles. The van der Waals surface area contributed by atoms with Crippen LogP contribution in [0, 0.1) is 0 Å². The Labute approximate surface area is 95.5 Å². The van der Waals surface area contributed by atoms with Gasteiger partial charge in [0.1, 0.15) is 5.75 Å². The van der Waals surface area contributed by atoms with E-state index in [4.69, 9.17) is 11.6 Å². The molecule has 0 aliphatic heterocycles. The number of rotatable bonds is 3. The van der Waals surface area contributed by atoms with Gasteiger partial charge in [-0.1, -0.05) is 11.6 Å². The minimum absolute atomic E-state index is 0.275. The zero-order valence-electron chi connectivity index (χ0n) is 7.20. The summed E-state index contributed by atoms with van der Waals surface area (Å²) in [6.45, 7) is 0. The third kappa shape index (κ3) is 3.20. The molecule has 1 rings (SSSR count). The van der Waals surface area contributed by atoms with Crippen LogP contribution < -0.4 is 0 Å². The maximum absolute atomic E-state index is 11.1. The molecule has 0 aliphatic rings. The summed E-state index contributed by atoms with van der Waals surface area (Å²) >= 11 is 8.95. The molecular weight excluding hydrogens is 294 g/mol. The van der Waals surface area contributed by atoms with E-state index < -0.39 is 10.1 Å². The highest BCUT2D eigenvalue weighted by Gasteiger charge is 2.14. The molecule has 1 aromatic rings. The summed E-state index contributed by atoms with van der Waals surface area (Å²) in [7, 11) is -2.47. The minimum atomic E-state index is -3.57. The zero-order chi connectivity index (χ0) is 10.8. The SMILES string of the molecule is COS(=O)(=O)Cc1ncc(Br)cc1Cl. The van der Waals surface area contributed by atoms with Gasteiger partial charge in [0, 0.05) is 10.7 Å². The second kappa shape index (κ2) is 4.57. The van der Waals surface area contributed by atoms with Crippen molar-refractivity contribution in [3.8, 4) is 0 Å². The lowest BCUT2D eigenvalue weighted by molar-refractivity contribution is 0.396. The summed E-state index contributed by atoms with van der Waals surface area (Å²) in [6.07, 6.45) is 1.48. The zero-order valence-corrected chi connectivity index (χ0v) is 10.4. The van der Waals surface area contributed by atoms with Crippen LogP contribution in [0.4, 0.5) is 0 Å². The summed E-state index contributed by atoms with van der Waals surface area (Å²) in [6, 6.07) is 1.58. The smallest absolute Gasteiger partial charge is 0.272 e. The topological polar surface area (TPSA) is 56.3 Å². The maximum Gasteiger partial charge on any atom is 0.272 e. The van der Waals surface area contributed by atoms with Crippen LogP contribution >= 0.6 is 27.5 Å². The third-order valence-electron chi connectivity index (χ3n) is 1.45. The fourth-order valence-electron chi connectivity index (χ4n) is 0.775. The first-order chi connectivity index (χ1) is 6.44. The molecule has 0 fully saturated rings. The summed E-state index contributed by atoms with van der Waals surface area (Å²) < 4.78 is 27.1. The van der Waals surface area contributed by atoms with Crippen molar-refractivity contribution in [1.29, 1.82) is 0 Å². The predicted molar refractivity (Wildman–Crippen MR) is 56.6 cm³/mol. The van der Waals surface area contributed by atoms with Gasteiger partial charge in [0.2, 0.25) is 0 Å². The van der Waals surface area contributed by atoms with Crippen molar-refractivity contribution < 1.29 is 12.6 Å². The quantitative estimate of drug-likeness (QED) is 0.801. The molecular formula is C7H7BrClNO3S. The third-order valence-corrected chi connectivity index (χ3v) is 3.35. The molecule has 0 aromatic carbocycles. The Morgan fingerprint density at radius 1 is 1.64 bits per heavy atom. The van der Waals surface area contributed by atoms with Gasteiger partial charge in [0.15, 0.2) is 0 Å². The van der Waals surface area contributed by atoms with E-state index in [9.17, 15) is 8.42 Å². The molecule has 1 heterocycles. The molecule has 0 saturated heterocycles. The molecule has 0 bridgehead atoms. The highest BCUT2D eigenvalue weighted by molar-refractivity contribution is 9.10. The molecule has 7 heteroatoms. The van der Waals surface area contributed by atoms with Crippen LogP contribution in [-0.2, 0) is 20.1 Å². The molecule has 4 nitrogen and oxygen atoms in total. The van der Waals surface area contributed by atoms with Crippen molar-refractivity contribution >= 4 is 37.6 Å². The predicted octanol–water partition coefficient (Wildman–Crippen LogP) is 1.97. The number of hydrogen-bond acceptors (Lipinski definition) is 4. The Bertz CT molecular complexity index is 435. The molecule has 1 aromatic heterocycles. The molecule has 0 amide bonds. The van der Waals surface area contributed by atoms with Crippen molar-refractivity contribution in [2.24, 2.45) is 0 Å². The van der Waals surface area contributed by atoms with Gasteiger partial charge in [-0.2, -0.15) is 8.42 Å². The summed E-state index contributed by atoms with van der Waals surface area (Å²) in [5.74, 6) is -0.324. The summed E-state index contributed by atoms with van der Waals surface area (Å²) in [5, 5.41) is 0.292. The number of aromatic nitrogens is 1. The Morgan fingerprint density at radius 2 is 2.29 bits per heavy atom. The van der Waals surface area contributed by atoms with E-state index in [-0.39, 0.29) is 11.4 Å². The molecule has 0 aliphatic carbocycles. The van der Waals surface area contributed by atoms with Gasteiger partial charge in [-0.3, -0.25) is 9.17 Å². The molecule has 0 radical (unpaired) electrons. The number of nitrogens with zero attached hydrogens (tertiary/aromatic N) is 1. The highest BCUT2D eigenvalue weighted by atomic mass is 79.9. The van der Waals surface area contributed by atoms with Crippen molar-refractivity contribution in [2.75, 3.05) is 7.11 Å². The highest BCUT2D eigenvalue weighted by Crippen LogP contribution is 2.20. The molecule has 0 N–H and O–H groups in total. The lowest BCUT2D eigenvalue weighted by atomic mass is 10.4. The largest absolute Gasteiger partial charge is 0.273 e. The second-order valence-electron chi connectivity index (χ2n) is 2.45. The van der Waals surface area contributed by atoms with Crippen LogP contribution in [0.25, 0.3) is 0 Å². The Morgan fingerprint density at radius 3 is 2.79 bits per heavy atom. The van der Waals surface area contributed by atoms with E-state index in [1.807, 2.05) is 0 Å². The number of halogens is 2. The van der Waals surface area contributed by atoms with Gasteiger partial charge in [0.05, 0.1) is 17.8 Å². The van der Waals surface area contributed by atoms with Crippen LogP contribution in [0.15, 0.2) is 16.7 Å². The van der Waals surface area contributed by atoms with Gasteiger partial charge in [0.25, 0.3) is 10.1 Å². The molecule has 78 valence electrons. The van der Waals surface area contributed by atoms with E-state index in [2.05, 4.69) is 25.1 Å². The summed E-state index contributed by atoms with van der Waals surface area (Å²) in [5.41, 5.74) is 0.275. The van der Waals surface area contributed by atoms with Crippen molar-refractivity contribution in [1.82, 2.24) is 4.98 Å². The maximum atomic E-state index is 11.1. The molecule has 0 unspecified atom stereocenters.